The van der Waals surface area contributed by atoms with Crippen molar-refractivity contribution in [2.24, 2.45) is 0 Å². The first kappa shape index (κ1) is 16.8. The van der Waals surface area contributed by atoms with Crippen molar-refractivity contribution in [2.45, 2.75) is 6.92 Å². The fraction of sp³-hybridized carbons (Fsp3) is 0.150. The van der Waals surface area contributed by atoms with Crippen LogP contribution in [-0.4, -0.2) is 33.8 Å². The number of rotatable bonds is 5. The summed E-state index contributed by atoms with van der Waals surface area (Å²) >= 11 is 0. The fourth-order valence-corrected chi connectivity index (χ4v) is 2.86. The molecule has 0 bridgehead atoms. The van der Waals surface area contributed by atoms with E-state index in [1.807, 2.05) is 55.5 Å². The second-order valence-corrected chi connectivity index (χ2v) is 5.99. The highest BCUT2D eigenvalue weighted by atomic mass is 16.5. The highest BCUT2D eigenvalue weighted by Crippen LogP contribution is 2.28. The van der Waals surface area contributed by atoms with E-state index in [2.05, 4.69) is 20.4 Å². The van der Waals surface area contributed by atoms with Crippen LogP contribution >= 0.6 is 0 Å². The third-order valence-electron chi connectivity index (χ3n) is 4.22. The largest absolute Gasteiger partial charge is 0.497 e. The molecule has 2 aromatic heterocycles. The molecule has 2 heterocycles. The van der Waals surface area contributed by atoms with Crippen LogP contribution in [0.25, 0.3) is 16.9 Å². The van der Waals surface area contributed by atoms with Crippen LogP contribution in [0.4, 0.5) is 11.6 Å². The predicted molar refractivity (Wildman–Crippen MR) is 104 cm³/mol. The van der Waals surface area contributed by atoms with Gasteiger partial charge in [-0.2, -0.15) is 0 Å². The SMILES string of the molecule is COc1cc(Nc2ncc3c(C)nc(-c4ccccc4)n3n2)cc(OC)c1. The number of fused-ring (bicyclic) bond motifs is 1. The molecule has 0 radical (unpaired) electrons. The molecule has 0 aliphatic heterocycles. The van der Waals surface area contributed by atoms with E-state index < -0.39 is 0 Å². The molecular weight excluding hydrogens is 342 g/mol. The Hall–Kier alpha value is -3.61. The summed E-state index contributed by atoms with van der Waals surface area (Å²) in [5.41, 5.74) is 3.50. The number of ether oxygens (including phenoxy) is 2. The van der Waals surface area contributed by atoms with Gasteiger partial charge in [0.1, 0.15) is 17.0 Å². The molecular formula is C20H19N5O2. The minimum atomic E-state index is 0.451. The van der Waals surface area contributed by atoms with Gasteiger partial charge in [0.2, 0.25) is 5.95 Å². The van der Waals surface area contributed by atoms with Gasteiger partial charge in [0, 0.05) is 29.4 Å². The van der Waals surface area contributed by atoms with Gasteiger partial charge in [0.25, 0.3) is 0 Å². The van der Waals surface area contributed by atoms with Gasteiger partial charge in [-0.15, -0.1) is 5.10 Å². The number of hydrogen-bond donors (Lipinski definition) is 1. The topological polar surface area (TPSA) is 73.6 Å². The molecule has 0 saturated carbocycles. The van der Waals surface area contributed by atoms with Crippen LogP contribution in [0.15, 0.2) is 54.7 Å². The van der Waals surface area contributed by atoms with Crippen molar-refractivity contribution in [1.82, 2.24) is 19.6 Å². The average molecular weight is 361 g/mol. The maximum Gasteiger partial charge on any atom is 0.245 e. The minimum Gasteiger partial charge on any atom is -0.497 e. The molecule has 7 heteroatoms. The number of aryl methyl sites for hydroxylation is 1. The van der Waals surface area contributed by atoms with E-state index in [9.17, 15) is 0 Å². The van der Waals surface area contributed by atoms with E-state index >= 15 is 0 Å². The normalized spacial score (nSPS) is 10.8. The third-order valence-corrected chi connectivity index (χ3v) is 4.22. The lowest BCUT2D eigenvalue weighted by Gasteiger charge is -2.10. The van der Waals surface area contributed by atoms with Gasteiger partial charge >= 0.3 is 0 Å². The van der Waals surface area contributed by atoms with Crippen LogP contribution in [0.5, 0.6) is 11.5 Å². The van der Waals surface area contributed by atoms with Gasteiger partial charge in [-0.3, -0.25) is 0 Å². The Morgan fingerprint density at radius 3 is 2.33 bits per heavy atom. The molecule has 0 spiro atoms. The number of nitrogens with zero attached hydrogens (tertiary/aromatic N) is 4. The Balaban J connectivity index is 1.76. The Labute approximate surface area is 156 Å². The van der Waals surface area contributed by atoms with E-state index in [0.29, 0.717) is 17.4 Å². The molecule has 0 saturated heterocycles. The number of nitrogens with one attached hydrogen (secondary N) is 1. The lowest BCUT2D eigenvalue weighted by atomic mass is 10.2. The van der Waals surface area contributed by atoms with Crippen LogP contribution in [0, 0.1) is 6.92 Å². The van der Waals surface area contributed by atoms with Crippen LogP contribution in [0.3, 0.4) is 0 Å². The molecule has 1 N–H and O–H groups in total. The van der Waals surface area contributed by atoms with E-state index in [1.54, 1.807) is 24.9 Å². The van der Waals surface area contributed by atoms with Gasteiger partial charge in [-0.25, -0.2) is 14.5 Å². The van der Waals surface area contributed by atoms with Gasteiger partial charge in [-0.1, -0.05) is 30.3 Å². The average Bonchev–Trinajstić information content (AvgIpc) is 3.04. The van der Waals surface area contributed by atoms with Gasteiger partial charge in [0.15, 0.2) is 5.82 Å². The second kappa shape index (κ2) is 6.95. The smallest absolute Gasteiger partial charge is 0.245 e. The van der Waals surface area contributed by atoms with Crippen molar-refractivity contribution in [3.8, 4) is 22.9 Å². The summed E-state index contributed by atoms with van der Waals surface area (Å²) in [5.74, 6) is 2.59. The molecule has 0 aliphatic rings. The summed E-state index contributed by atoms with van der Waals surface area (Å²) in [6.45, 7) is 1.95. The molecule has 0 atom stereocenters. The lowest BCUT2D eigenvalue weighted by Crippen LogP contribution is -2.03. The van der Waals surface area contributed by atoms with Crippen molar-refractivity contribution >= 4 is 17.2 Å². The van der Waals surface area contributed by atoms with Gasteiger partial charge in [-0.05, 0) is 6.92 Å². The minimum absolute atomic E-state index is 0.451. The van der Waals surface area contributed by atoms with Crippen LogP contribution in [-0.2, 0) is 0 Å². The van der Waals surface area contributed by atoms with Gasteiger partial charge < -0.3 is 14.8 Å². The zero-order chi connectivity index (χ0) is 18.8. The zero-order valence-electron chi connectivity index (χ0n) is 15.3. The van der Waals surface area contributed by atoms with Gasteiger partial charge in [0.05, 0.1) is 26.1 Å². The van der Waals surface area contributed by atoms with Crippen molar-refractivity contribution < 1.29 is 9.47 Å². The first-order valence-electron chi connectivity index (χ1n) is 8.46. The molecule has 7 nitrogen and oxygen atoms in total. The fourth-order valence-electron chi connectivity index (χ4n) is 2.86. The summed E-state index contributed by atoms with van der Waals surface area (Å²) in [6.07, 6.45) is 1.77. The number of methoxy groups -OCH3 is 2. The molecule has 0 amide bonds. The number of imidazole rings is 1. The molecule has 27 heavy (non-hydrogen) atoms. The molecule has 136 valence electrons. The Bertz CT molecular complexity index is 1070. The molecule has 0 aliphatic carbocycles. The van der Waals surface area contributed by atoms with Crippen molar-refractivity contribution in [1.29, 1.82) is 0 Å². The zero-order valence-corrected chi connectivity index (χ0v) is 15.3. The van der Waals surface area contributed by atoms with E-state index in [1.165, 1.54) is 0 Å². The summed E-state index contributed by atoms with van der Waals surface area (Å²) in [4.78, 5) is 9.07. The van der Waals surface area contributed by atoms with Crippen LogP contribution < -0.4 is 14.8 Å². The van der Waals surface area contributed by atoms with Crippen LogP contribution in [0.1, 0.15) is 5.69 Å². The number of hydrogen-bond acceptors (Lipinski definition) is 6. The number of anilines is 2. The Morgan fingerprint density at radius 1 is 0.963 bits per heavy atom. The maximum absolute atomic E-state index is 5.31. The van der Waals surface area contributed by atoms with E-state index in [0.717, 1.165) is 28.3 Å². The first-order valence-corrected chi connectivity index (χ1v) is 8.46. The predicted octanol–water partition coefficient (Wildman–Crippen LogP) is 3.86. The van der Waals surface area contributed by atoms with Crippen molar-refractivity contribution in [2.75, 3.05) is 19.5 Å². The molecule has 4 aromatic rings. The monoisotopic (exact) mass is 361 g/mol. The lowest BCUT2D eigenvalue weighted by molar-refractivity contribution is 0.395. The summed E-state index contributed by atoms with van der Waals surface area (Å²) in [5, 5.41) is 7.83. The van der Waals surface area contributed by atoms with Crippen molar-refractivity contribution in [3.63, 3.8) is 0 Å². The highest BCUT2D eigenvalue weighted by Gasteiger charge is 2.13. The Kier molecular flexibility index (Phi) is 4.33. The van der Waals surface area contributed by atoms with E-state index in [4.69, 9.17) is 9.47 Å². The highest BCUT2D eigenvalue weighted by molar-refractivity contribution is 5.65. The third kappa shape index (κ3) is 3.27. The summed E-state index contributed by atoms with van der Waals surface area (Å²) < 4.78 is 12.4. The summed E-state index contributed by atoms with van der Waals surface area (Å²) in [6, 6.07) is 15.5. The Morgan fingerprint density at radius 2 is 1.67 bits per heavy atom. The summed E-state index contributed by atoms with van der Waals surface area (Å²) in [7, 11) is 3.23. The second-order valence-electron chi connectivity index (χ2n) is 5.99. The quantitative estimate of drug-likeness (QED) is 0.582. The molecule has 2 aromatic carbocycles. The number of aromatic nitrogens is 4. The van der Waals surface area contributed by atoms with Crippen LogP contribution in [0.2, 0.25) is 0 Å². The van der Waals surface area contributed by atoms with Crippen molar-refractivity contribution in [3.05, 3.63) is 60.4 Å². The first-order chi connectivity index (χ1) is 13.2. The number of benzene rings is 2. The standard InChI is InChI=1S/C20H19N5O2/c1-13-18-12-21-20(23-15-9-16(26-2)11-17(10-15)27-3)24-25(18)19(22-13)14-7-5-4-6-8-14/h4-12H,1-3H3,(H,23,24). The maximum atomic E-state index is 5.31. The molecule has 4 rings (SSSR count). The van der Waals surface area contributed by atoms with E-state index in [-0.39, 0.29) is 0 Å². The molecule has 0 unspecified atom stereocenters. The molecule has 0 fully saturated rings.